The van der Waals surface area contributed by atoms with Crippen LogP contribution in [0.15, 0.2) is 35.5 Å². The van der Waals surface area contributed by atoms with Gasteiger partial charge in [-0.3, -0.25) is 0 Å². The largest absolute Gasteiger partial charge is 0.361 e. The van der Waals surface area contributed by atoms with Crippen LogP contribution in [-0.4, -0.2) is 5.84 Å². The molecule has 4 heteroatoms. The van der Waals surface area contributed by atoms with Crippen molar-refractivity contribution in [2.45, 2.75) is 0 Å². The quantitative estimate of drug-likeness (QED) is 0.781. The molecule has 0 aromatic heterocycles. The molecular formula is C10H7Cl2N2. The summed E-state index contributed by atoms with van der Waals surface area (Å²) in [5.74, 6) is 0.708. The van der Waals surface area contributed by atoms with E-state index >= 15 is 0 Å². The Morgan fingerprint density at radius 2 is 2.07 bits per heavy atom. The number of benzene rings is 1. The highest BCUT2D eigenvalue weighted by atomic mass is 35.5. The first-order valence-corrected chi connectivity index (χ1v) is 4.81. The SMILES string of the molecule is Clc1ccc(Cl)c(C2=NC=C[CH]N2)c1. The summed E-state index contributed by atoms with van der Waals surface area (Å²) in [7, 11) is 0. The molecule has 0 saturated carbocycles. The minimum absolute atomic E-state index is 0.629. The predicted molar refractivity (Wildman–Crippen MR) is 59.6 cm³/mol. The Kier molecular flexibility index (Phi) is 2.75. The lowest BCUT2D eigenvalue weighted by atomic mass is 10.2. The maximum Gasteiger partial charge on any atom is 0.135 e. The van der Waals surface area contributed by atoms with Crippen molar-refractivity contribution in [3.05, 3.63) is 52.6 Å². The van der Waals surface area contributed by atoms with Gasteiger partial charge in [-0.1, -0.05) is 23.2 Å². The summed E-state index contributed by atoms with van der Waals surface area (Å²) in [4.78, 5) is 4.15. The molecule has 0 unspecified atom stereocenters. The summed E-state index contributed by atoms with van der Waals surface area (Å²) in [5.41, 5.74) is 0.805. The standard InChI is InChI=1S/C10H7Cl2N2/c11-7-2-3-9(12)8(6-7)10-13-4-1-5-14-10/h1-6H,(H,13,14). The van der Waals surface area contributed by atoms with Crippen LogP contribution in [0.3, 0.4) is 0 Å². The maximum atomic E-state index is 6.01. The summed E-state index contributed by atoms with van der Waals surface area (Å²) in [6.07, 6.45) is 3.50. The molecule has 1 aromatic rings. The van der Waals surface area contributed by atoms with Crippen molar-refractivity contribution < 1.29 is 0 Å². The van der Waals surface area contributed by atoms with E-state index in [2.05, 4.69) is 10.3 Å². The van der Waals surface area contributed by atoms with E-state index in [4.69, 9.17) is 23.2 Å². The first-order valence-electron chi connectivity index (χ1n) is 4.05. The number of nitrogens with zero attached hydrogens (tertiary/aromatic N) is 1. The average molecular weight is 226 g/mol. The van der Waals surface area contributed by atoms with Crippen LogP contribution in [0.25, 0.3) is 0 Å². The van der Waals surface area contributed by atoms with Gasteiger partial charge >= 0.3 is 0 Å². The van der Waals surface area contributed by atoms with Gasteiger partial charge in [-0.15, -0.1) is 0 Å². The highest BCUT2D eigenvalue weighted by molar-refractivity contribution is 6.36. The maximum absolute atomic E-state index is 6.01. The normalized spacial score (nSPS) is 14.9. The van der Waals surface area contributed by atoms with E-state index in [9.17, 15) is 0 Å². The van der Waals surface area contributed by atoms with Crippen LogP contribution in [0.5, 0.6) is 0 Å². The molecular weight excluding hydrogens is 219 g/mol. The van der Waals surface area contributed by atoms with Crippen LogP contribution in [0.1, 0.15) is 5.56 Å². The molecule has 1 aromatic carbocycles. The van der Waals surface area contributed by atoms with Crippen molar-refractivity contribution in [3.63, 3.8) is 0 Å². The van der Waals surface area contributed by atoms with E-state index in [1.165, 1.54) is 0 Å². The Hall–Kier alpha value is -0.990. The topological polar surface area (TPSA) is 24.4 Å². The molecule has 0 aliphatic carbocycles. The third-order valence-corrected chi connectivity index (χ3v) is 2.35. The summed E-state index contributed by atoms with van der Waals surface area (Å²) in [6, 6.07) is 5.28. The lowest BCUT2D eigenvalue weighted by molar-refractivity contribution is 1.13. The van der Waals surface area contributed by atoms with Crippen LogP contribution < -0.4 is 5.32 Å². The van der Waals surface area contributed by atoms with Crippen molar-refractivity contribution in [1.82, 2.24) is 5.32 Å². The van der Waals surface area contributed by atoms with Gasteiger partial charge in [-0.25, -0.2) is 4.99 Å². The molecule has 14 heavy (non-hydrogen) atoms. The number of hydrogen-bond acceptors (Lipinski definition) is 2. The number of nitrogens with one attached hydrogen (secondary N) is 1. The van der Waals surface area contributed by atoms with Crippen LogP contribution in [0.2, 0.25) is 10.0 Å². The van der Waals surface area contributed by atoms with E-state index in [1.807, 2.05) is 6.08 Å². The first kappa shape index (κ1) is 9.56. The van der Waals surface area contributed by atoms with Gasteiger partial charge in [0.25, 0.3) is 0 Å². The first-order chi connectivity index (χ1) is 6.77. The van der Waals surface area contributed by atoms with Crippen molar-refractivity contribution >= 4 is 29.0 Å². The molecule has 0 amide bonds. The van der Waals surface area contributed by atoms with Gasteiger partial charge in [0.1, 0.15) is 5.84 Å². The number of aliphatic imine (C=N–C) groups is 1. The minimum Gasteiger partial charge on any atom is -0.361 e. The van der Waals surface area contributed by atoms with Crippen molar-refractivity contribution in [2.75, 3.05) is 0 Å². The fourth-order valence-corrected chi connectivity index (χ4v) is 1.53. The third-order valence-electron chi connectivity index (χ3n) is 1.79. The van der Waals surface area contributed by atoms with Gasteiger partial charge in [0.05, 0.1) is 11.6 Å². The molecule has 1 radical (unpaired) electrons. The van der Waals surface area contributed by atoms with Crippen LogP contribution in [0.4, 0.5) is 0 Å². The van der Waals surface area contributed by atoms with Gasteiger partial charge in [-0.05, 0) is 24.3 Å². The van der Waals surface area contributed by atoms with Gasteiger partial charge in [0.2, 0.25) is 0 Å². The second-order valence-corrected chi connectivity index (χ2v) is 3.60. The summed E-state index contributed by atoms with van der Waals surface area (Å²) in [5, 5.41) is 4.27. The fourth-order valence-electron chi connectivity index (χ4n) is 1.15. The molecule has 1 N–H and O–H groups in total. The molecule has 0 saturated heterocycles. The Balaban J connectivity index is 2.44. The Bertz CT molecular complexity index is 411. The molecule has 1 heterocycles. The smallest absolute Gasteiger partial charge is 0.135 e. The molecule has 1 aliphatic heterocycles. The zero-order valence-corrected chi connectivity index (χ0v) is 8.68. The Morgan fingerprint density at radius 1 is 1.21 bits per heavy atom. The Labute approximate surface area is 92.2 Å². The minimum atomic E-state index is 0.629. The predicted octanol–water partition coefficient (Wildman–Crippen LogP) is 3.02. The highest BCUT2D eigenvalue weighted by Crippen LogP contribution is 2.21. The summed E-state index contributed by atoms with van der Waals surface area (Å²) in [6.45, 7) is 1.79. The summed E-state index contributed by atoms with van der Waals surface area (Å²) < 4.78 is 0. The lowest BCUT2D eigenvalue weighted by Crippen LogP contribution is -2.23. The van der Waals surface area contributed by atoms with Gasteiger partial charge in [0, 0.05) is 16.8 Å². The average Bonchev–Trinajstić information content (AvgIpc) is 2.23. The Morgan fingerprint density at radius 3 is 2.79 bits per heavy atom. The third kappa shape index (κ3) is 1.91. The number of halogens is 2. The van der Waals surface area contributed by atoms with E-state index < -0.39 is 0 Å². The summed E-state index contributed by atoms with van der Waals surface area (Å²) >= 11 is 11.9. The van der Waals surface area contributed by atoms with Gasteiger partial charge < -0.3 is 5.32 Å². The monoisotopic (exact) mass is 225 g/mol. The fraction of sp³-hybridized carbons (Fsp3) is 0. The van der Waals surface area contributed by atoms with Crippen molar-refractivity contribution in [1.29, 1.82) is 0 Å². The molecule has 0 atom stereocenters. The number of rotatable bonds is 1. The van der Waals surface area contributed by atoms with Crippen LogP contribution >= 0.6 is 23.2 Å². The second-order valence-electron chi connectivity index (χ2n) is 2.75. The zero-order chi connectivity index (χ0) is 9.97. The van der Waals surface area contributed by atoms with Crippen molar-refractivity contribution in [2.24, 2.45) is 4.99 Å². The number of amidine groups is 1. The van der Waals surface area contributed by atoms with Crippen LogP contribution in [-0.2, 0) is 0 Å². The van der Waals surface area contributed by atoms with E-state index in [0.29, 0.717) is 15.9 Å². The van der Waals surface area contributed by atoms with Crippen LogP contribution in [0, 0.1) is 6.54 Å². The molecule has 2 rings (SSSR count). The molecule has 0 bridgehead atoms. The highest BCUT2D eigenvalue weighted by Gasteiger charge is 2.09. The zero-order valence-electron chi connectivity index (χ0n) is 7.17. The van der Waals surface area contributed by atoms with Gasteiger partial charge in [-0.2, -0.15) is 0 Å². The van der Waals surface area contributed by atoms with E-state index in [-0.39, 0.29) is 0 Å². The lowest BCUT2D eigenvalue weighted by Gasteiger charge is -2.11. The molecule has 0 fully saturated rings. The molecule has 71 valence electrons. The number of hydrogen-bond donors (Lipinski definition) is 1. The van der Waals surface area contributed by atoms with E-state index in [1.54, 1.807) is 30.9 Å². The van der Waals surface area contributed by atoms with Crippen molar-refractivity contribution in [3.8, 4) is 0 Å². The van der Waals surface area contributed by atoms with E-state index in [0.717, 1.165) is 5.56 Å². The molecule has 0 spiro atoms. The second kappa shape index (κ2) is 4.03. The molecule has 2 nitrogen and oxygen atoms in total. The molecule has 1 aliphatic rings. The van der Waals surface area contributed by atoms with Gasteiger partial charge in [0.15, 0.2) is 0 Å².